The lowest BCUT2D eigenvalue weighted by atomic mass is 10.1. The highest BCUT2D eigenvalue weighted by Crippen LogP contribution is 2.15. The average Bonchev–Trinajstić information content (AvgIpc) is 2.37. The van der Waals surface area contributed by atoms with Gasteiger partial charge < -0.3 is 20.8 Å². The number of carbonyl (C=O) groups excluding carboxylic acids is 1. The third kappa shape index (κ3) is 5.13. The van der Waals surface area contributed by atoms with Crippen molar-refractivity contribution in [1.29, 1.82) is 0 Å². The van der Waals surface area contributed by atoms with Crippen LogP contribution in [-0.2, 0) is 6.54 Å². The monoisotopic (exact) mass is 270 g/mol. The average molecular weight is 270 g/mol. The summed E-state index contributed by atoms with van der Waals surface area (Å²) in [6.45, 7) is 4.00. The number of urea groups is 1. The molecule has 4 N–H and O–H groups in total. The number of rotatable bonds is 5. The van der Waals surface area contributed by atoms with Gasteiger partial charge in [-0.25, -0.2) is 9.18 Å². The normalized spacial score (nSPS) is 12.3. The Balaban J connectivity index is 2.35. The maximum absolute atomic E-state index is 13.0. The maximum atomic E-state index is 13.0. The summed E-state index contributed by atoms with van der Waals surface area (Å²) in [5.41, 5.74) is 0.537. The number of aliphatic hydroxyl groups excluding tert-OH is 1. The van der Waals surface area contributed by atoms with Crippen LogP contribution in [0, 0.1) is 11.7 Å². The number of carbonyl (C=O) groups is 1. The molecule has 0 fully saturated rings. The highest BCUT2D eigenvalue weighted by atomic mass is 19.1. The summed E-state index contributed by atoms with van der Waals surface area (Å²) in [5, 5.41) is 23.6. The van der Waals surface area contributed by atoms with Crippen molar-refractivity contribution < 1.29 is 19.4 Å². The number of aliphatic hydroxyl groups is 1. The van der Waals surface area contributed by atoms with Gasteiger partial charge in [0.1, 0.15) is 0 Å². The Bertz CT molecular complexity index is 438. The van der Waals surface area contributed by atoms with E-state index in [-0.39, 0.29) is 19.0 Å². The summed E-state index contributed by atoms with van der Waals surface area (Å²) >= 11 is 0. The fraction of sp³-hybridized carbons (Fsp3) is 0.462. The van der Waals surface area contributed by atoms with Crippen LogP contribution >= 0.6 is 0 Å². The lowest BCUT2D eigenvalue weighted by Crippen LogP contribution is -2.40. The fourth-order valence-corrected chi connectivity index (χ4v) is 1.34. The molecule has 1 rings (SSSR count). The van der Waals surface area contributed by atoms with E-state index in [4.69, 9.17) is 5.11 Å². The van der Waals surface area contributed by atoms with Gasteiger partial charge in [0.05, 0.1) is 6.10 Å². The summed E-state index contributed by atoms with van der Waals surface area (Å²) in [6, 6.07) is 3.46. The van der Waals surface area contributed by atoms with Gasteiger partial charge in [0.2, 0.25) is 0 Å². The molecule has 0 heterocycles. The molecule has 5 nitrogen and oxygen atoms in total. The molecule has 2 amide bonds. The third-order valence-electron chi connectivity index (χ3n) is 2.71. The number of phenolic OH excluding ortho intramolecular Hbond substituents is 1. The number of amides is 2. The van der Waals surface area contributed by atoms with Crippen LogP contribution in [0.3, 0.4) is 0 Å². The van der Waals surface area contributed by atoms with Crippen molar-refractivity contribution in [1.82, 2.24) is 10.6 Å². The Morgan fingerprint density at radius 1 is 1.37 bits per heavy atom. The van der Waals surface area contributed by atoms with Crippen molar-refractivity contribution in [3.8, 4) is 5.75 Å². The van der Waals surface area contributed by atoms with Gasteiger partial charge in [0.15, 0.2) is 11.6 Å². The Hall–Kier alpha value is -1.82. The van der Waals surface area contributed by atoms with Crippen molar-refractivity contribution in [2.45, 2.75) is 26.5 Å². The van der Waals surface area contributed by atoms with E-state index in [9.17, 15) is 14.3 Å². The highest BCUT2D eigenvalue weighted by Gasteiger charge is 2.10. The summed E-state index contributed by atoms with van der Waals surface area (Å²) < 4.78 is 13.0. The SMILES string of the molecule is CC(C)C(O)CNC(=O)NCc1ccc(O)c(F)c1. The van der Waals surface area contributed by atoms with E-state index in [1.54, 1.807) is 0 Å². The predicted molar refractivity (Wildman–Crippen MR) is 69.1 cm³/mol. The fourth-order valence-electron chi connectivity index (χ4n) is 1.34. The van der Waals surface area contributed by atoms with Crippen molar-refractivity contribution in [3.63, 3.8) is 0 Å². The molecule has 1 aromatic carbocycles. The number of nitrogens with one attached hydrogen (secondary N) is 2. The van der Waals surface area contributed by atoms with Gasteiger partial charge in [-0.2, -0.15) is 0 Å². The molecule has 0 aliphatic rings. The topological polar surface area (TPSA) is 81.6 Å². The van der Waals surface area contributed by atoms with Crippen LogP contribution in [0.5, 0.6) is 5.75 Å². The van der Waals surface area contributed by atoms with E-state index in [1.807, 2.05) is 13.8 Å². The lowest BCUT2D eigenvalue weighted by Gasteiger charge is -2.15. The number of aromatic hydroxyl groups is 1. The molecule has 0 aromatic heterocycles. The first kappa shape index (κ1) is 15.2. The Morgan fingerprint density at radius 2 is 2.05 bits per heavy atom. The first-order valence-electron chi connectivity index (χ1n) is 6.07. The summed E-state index contributed by atoms with van der Waals surface area (Å²) in [5.74, 6) is -1.09. The molecule has 106 valence electrons. The van der Waals surface area contributed by atoms with Crippen LogP contribution in [0.2, 0.25) is 0 Å². The predicted octanol–water partition coefficient (Wildman–Crippen LogP) is 1.35. The molecule has 1 aromatic rings. The summed E-state index contributed by atoms with van der Waals surface area (Å²) in [4.78, 5) is 11.4. The zero-order chi connectivity index (χ0) is 14.4. The zero-order valence-corrected chi connectivity index (χ0v) is 11.0. The van der Waals surface area contributed by atoms with Gasteiger partial charge in [-0.3, -0.25) is 0 Å². The standard InChI is InChI=1S/C13H19FN2O3/c1-8(2)12(18)7-16-13(19)15-6-9-3-4-11(17)10(14)5-9/h3-5,8,12,17-18H,6-7H2,1-2H3,(H2,15,16,19). The number of phenols is 1. The van der Waals surface area contributed by atoms with Crippen molar-refractivity contribution >= 4 is 6.03 Å². The second kappa shape index (κ2) is 6.94. The van der Waals surface area contributed by atoms with Crippen LogP contribution in [0.1, 0.15) is 19.4 Å². The van der Waals surface area contributed by atoms with E-state index in [2.05, 4.69) is 10.6 Å². The van der Waals surface area contributed by atoms with Crippen LogP contribution in [0.25, 0.3) is 0 Å². The van der Waals surface area contributed by atoms with Gasteiger partial charge in [0.25, 0.3) is 0 Å². The van der Waals surface area contributed by atoms with Gasteiger partial charge >= 0.3 is 6.03 Å². The van der Waals surface area contributed by atoms with Crippen LogP contribution in [0.15, 0.2) is 18.2 Å². The highest BCUT2D eigenvalue weighted by molar-refractivity contribution is 5.73. The van der Waals surface area contributed by atoms with Crippen molar-refractivity contribution in [2.24, 2.45) is 5.92 Å². The zero-order valence-electron chi connectivity index (χ0n) is 11.0. The van der Waals surface area contributed by atoms with Crippen LogP contribution < -0.4 is 10.6 Å². The van der Waals surface area contributed by atoms with E-state index in [1.165, 1.54) is 12.1 Å². The summed E-state index contributed by atoms with van der Waals surface area (Å²) in [6.07, 6.45) is -0.600. The molecule has 0 bridgehead atoms. The Kier molecular flexibility index (Phi) is 5.57. The maximum Gasteiger partial charge on any atom is 0.315 e. The minimum absolute atomic E-state index is 0.0616. The number of hydrogen-bond donors (Lipinski definition) is 4. The molecule has 0 spiro atoms. The van der Waals surface area contributed by atoms with Gasteiger partial charge in [-0.1, -0.05) is 19.9 Å². The minimum atomic E-state index is -0.727. The van der Waals surface area contributed by atoms with E-state index >= 15 is 0 Å². The molecule has 0 aliphatic carbocycles. The Labute approximate surface area is 111 Å². The van der Waals surface area contributed by atoms with E-state index in [0.717, 1.165) is 6.07 Å². The summed E-state index contributed by atoms with van der Waals surface area (Å²) in [7, 11) is 0. The Morgan fingerprint density at radius 3 is 2.63 bits per heavy atom. The molecule has 6 heteroatoms. The number of hydrogen-bond acceptors (Lipinski definition) is 3. The molecule has 0 aliphatic heterocycles. The molecular formula is C13H19FN2O3. The number of benzene rings is 1. The lowest BCUT2D eigenvalue weighted by molar-refractivity contribution is 0.125. The minimum Gasteiger partial charge on any atom is -0.505 e. The van der Waals surface area contributed by atoms with Gasteiger partial charge in [0, 0.05) is 13.1 Å². The molecule has 0 saturated carbocycles. The largest absolute Gasteiger partial charge is 0.505 e. The molecule has 0 radical (unpaired) electrons. The van der Waals surface area contributed by atoms with Crippen LogP contribution in [-0.4, -0.2) is 28.9 Å². The second-order valence-electron chi connectivity index (χ2n) is 4.66. The molecule has 19 heavy (non-hydrogen) atoms. The van der Waals surface area contributed by atoms with Crippen molar-refractivity contribution in [2.75, 3.05) is 6.54 Å². The second-order valence-corrected chi connectivity index (χ2v) is 4.66. The van der Waals surface area contributed by atoms with Crippen LogP contribution in [0.4, 0.5) is 9.18 Å². The van der Waals surface area contributed by atoms with E-state index in [0.29, 0.717) is 5.56 Å². The molecule has 0 saturated heterocycles. The first-order valence-corrected chi connectivity index (χ1v) is 6.07. The molecule has 1 unspecified atom stereocenters. The smallest absolute Gasteiger partial charge is 0.315 e. The quantitative estimate of drug-likeness (QED) is 0.652. The third-order valence-corrected chi connectivity index (χ3v) is 2.71. The number of halogens is 1. The molecular weight excluding hydrogens is 251 g/mol. The first-order chi connectivity index (χ1) is 8.90. The molecule has 1 atom stereocenters. The van der Waals surface area contributed by atoms with Gasteiger partial charge in [-0.15, -0.1) is 0 Å². The van der Waals surface area contributed by atoms with Gasteiger partial charge in [-0.05, 0) is 23.6 Å². The van der Waals surface area contributed by atoms with Crippen molar-refractivity contribution in [3.05, 3.63) is 29.6 Å². The van der Waals surface area contributed by atoms with E-state index < -0.39 is 23.7 Å².